The molecule has 0 spiro atoms. The van der Waals surface area contributed by atoms with Crippen molar-refractivity contribution < 1.29 is 19.1 Å². The third kappa shape index (κ3) is 3.85. The summed E-state index contributed by atoms with van der Waals surface area (Å²) in [5, 5.41) is 3.14. The highest BCUT2D eigenvalue weighted by Crippen LogP contribution is 2.16. The monoisotopic (exact) mass is 333 g/mol. The number of nitrogens with zero attached hydrogens (tertiary/aromatic N) is 2. The maximum atomic E-state index is 12.4. The van der Waals surface area contributed by atoms with Crippen LogP contribution in [0.1, 0.15) is 5.56 Å². The molecule has 1 N–H and O–H groups in total. The minimum atomic E-state index is -0.475. The fourth-order valence-electron chi connectivity index (χ4n) is 2.98. The van der Waals surface area contributed by atoms with Crippen LogP contribution in [-0.4, -0.2) is 74.2 Å². The normalized spacial score (nSPS) is 21.7. The molecule has 1 unspecified atom stereocenters. The van der Waals surface area contributed by atoms with Gasteiger partial charge in [-0.3, -0.25) is 9.59 Å². The Bertz CT molecular complexity index is 601. The van der Waals surface area contributed by atoms with Gasteiger partial charge in [0.25, 0.3) is 5.91 Å². The molecule has 1 aromatic carbocycles. The first-order valence-electron chi connectivity index (χ1n) is 8.19. The summed E-state index contributed by atoms with van der Waals surface area (Å²) in [6.07, 6.45) is -0.475. The number of hydrogen-bond donors (Lipinski definition) is 1. The first-order valence-corrected chi connectivity index (χ1v) is 8.19. The Morgan fingerprint density at radius 2 is 2.29 bits per heavy atom. The van der Waals surface area contributed by atoms with Gasteiger partial charge in [-0.15, -0.1) is 0 Å². The summed E-state index contributed by atoms with van der Waals surface area (Å²) in [5.41, 5.74) is 1.02. The maximum absolute atomic E-state index is 12.4. The molecular weight excluding hydrogens is 310 g/mol. The third-order valence-corrected chi connectivity index (χ3v) is 4.34. The average molecular weight is 333 g/mol. The van der Waals surface area contributed by atoms with Crippen LogP contribution in [0.5, 0.6) is 5.75 Å². The Balaban J connectivity index is 1.56. The van der Waals surface area contributed by atoms with Gasteiger partial charge in [0.1, 0.15) is 11.9 Å². The molecule has 0 aromatic heterocycles. The predicted molar refractivity (Wildman–Crippen MR) is 87.6 cm³/mol. The van der Waals surface area contributed by atoms with Gasteiger partial charge < -0.3 is 24.6 Å². The van der Waals surface area contributed by atoms with Gasteiger partial charge in [-0.25, -0.2) is 0 Å². The second-order valence-corrected chi connectivity index (χ2v) is 5.99. The van der Waals surface area contributed by atoms with E-state index in [1.807, 2.05) is 24.3 Å². The molecule has 2 aliphatic rings. The fraction of sp³-hybridized carbons (Fsp3) is 0.529. The zero-order valence-electron chi connectivity index (χ0n) is 13.9. The van der Waals surface area contributed by atoms with E-state index in [0.717, 1.165) is 17.9 Å². The molecule has 2 saturated heterocycles. The van der Waals surface area contributed by atoms with Crippen molar-refractivity contribution in [3.63, 3.8) is 0 Å². The van der Waals surface area contributed by atoms with Gasteiger partial charge in [0.05, 0.1) is 20.3 Å². The number of morpholine rings is 1. The van der Waals surface area contributed by atoms with Crippen LogP contribution in [0.25, 0.3) is 0 Å². The highest BCUT2D eigenvalue weighted by atomic mass is 16.5. The number of hydrogen-bond acceptors (Lipinski definition) is 5. The molecule has 24 heavy (non-hydrogen) atoms. The standard InChI is InChI=1S/C17H23N3O4/c1-23-14-4-2-3-13(9-14)11-19-6-7-20(12-16(19)21)17(22)15-10-18-5-8-24-15/h2-4,9,15,18H,5-8,10-12H2,1H3. The second-order valence-electron chi connectivity index (χ2n) is 5.99. The summed E-state index contributed by atoms with van der Waals surface area (Å²) >= 11 is 0. The molecule has 7 nitrogen and oxygen atoms in total. The summed E-state index contributed by atoms with van der Waals surface area (Å²) in [4.78, 5) is 28.2. The molecule has 0 saturated carbocycles. The van der Waals surface area contributed by atoms with E-state index in [9.17, 15) is 9.59 Å². The molecule has 2 amide bonds. The number of piperazine rings is 1. The van der Waals surface area contributed by atoms with Crippen LogP contribution < -0.4 is 10.1 Å². The smallest absolute Gasteiger partial charge is 0.253 e. The van der Waals surface area contributed by atoms with E-state index in [0.29, 0.717) is 32.8 Å². The minimum Gasteiger partial charge on any atom is -0.497 e. The average Bonchev–Trinajstić information content (AvgIpc) is 2.63. The van der Waals surface area contributed by atoms with Crippen molar-refractivity contribution in [1.82, 2.24) is 15.1 Å². The van der Waals surface area contributed by atoms with Crippen LogP contribution in [0.2, 0.25) is 0 Å². The van der Waals surface area contributed by atoms with E-state index < -0.39 is 6.10 Å². The van der Waals surface area contributed by atoms with Gasteiger partial charge >= 0.3 is 0 Å². The molecule has 2 heterocycles. The number of carbonyl (C=O) groups is 2. The van der Waals surface area contributed by atoms with E-state index in [4.69, 9.17) is 9.47 Å². The number of amides is 2. The van der Waals surface area contributed by atoms with Crippen LogP contribution >= 0.6 is 0 Å². The van der Waals surface area contributed by atoms with E-state index in [2.05, 4.69) is 5.32 Å². The van der Waals surface area contributed by atoms with Crippen molar-refractivity contribution in [3.05, 3.63) is 29.8 Å². The molecule has 2 aliphatic heterocycles. The highest BCUT2D eigenvalue weighted by Gasteiger charge is 2.32. The zero-order chi connectivity index (χ0) is 16.9. The lowest BCUT2D eigenvalue weighted by molar-refractivity contribution is -0.153. The topological polar surface area (TPSA) is 71.1 Å². The van der Waals surface area contributed by atoms with E-state index >= 15 is 0 Å². The molecule has 7 heteroatoms. The molecule has 1 aromatic rings. The van der Waals surface area contributed by atoms with Crippen molar-refractivity contribution in [2.75, 3.05) is 46.4 Å². The summed E-state index contributed by atoms with van der Waals surface area (Å²) in [6, 6.07) is 7.67. The molecule has 0 aliphatic carbocycles. The van der Waals surface area contributed by atoms with Gasteiger partial charge in [-0.2, -0.15) is 0 Å². The molecule has 2 fully saturated rings. The van der Waals surface area contributed by atoms with Crippen LogP contribution in [0.4, 0.5) is 0 Å². The summed E-state index contributed by atoms with van der Waals surface area (Å²) in [5.74, 6) is 0.633. The Labute approximate surface area is 141 Å². The Hall–Kier alpha value is -2.12. The van der Waals surface area contributed by atoms with E-state index in [1.165, 1.54) is 0 Å². The van der Waals surface area contributed by atoms with Crippen LogP contribution in [0.15, 0.2) is 24.3 Å². The lowest BCUT2D eigenvalue weighted by Gasteiger charge is -2.36. The molecule has 1 atom stereocenters. The van der Waals surface area contributed by atoms with Gasteiger partial charge in [0.2, 0.25) is 5.91 Å². The van der Waals surface area contributed by atoms with Crippen molar-refractivity contribution in [1.29, 1.82) is 0 Å². The SMILES string of the molecule is COc1cccc(CN2CCN(C(=O)C3CNCCO3)CC2=O)c1. The molecule has 130 valence electrons. The van der Waals surface area contributed by atoms with Gasteiger partial charge in [0.15, 0.2) is 0 Å². The Morgan fingerprint density at radius 1 is 1.42 bits per heavy atom. The zero-order valence-corrected chi connectivity index (χ0v) is 13.9. The van der Waals surface area contributed by atoms with Gasteiger partial charge in [0, 0.05) is 32.7 Å². The molecule has 0 bridgehead atoms. The number of carbonyl (C=O) groups excluding carboxylic acids is 2. The molecular formula is C17H23N3O4. The maximum Gasteiger partial charge on any atom is 0.253 e. The van der Waals surface area contributed by atoms with E-state index in [1.54, 1.807) is 16.9 Å². The fourth-order valence-corrected chi connectivity index (χ4v) is 2.98. The van der Waals surface area contributed by atoms with Crippen LogP contribution in [-0.2, 0) is 20.9 Å². The van der Waals surface area contributed by atoms with Crippen molar-refractivity contribution in [2.45, 2.75) is 12.6 Å². The van der Waals surface area contributed by atoms with Gasteiger partial charge in [-0.1, -0.05) is 12.1 Å². The minimum absolute atomic E-state index is 0.0406. The number of rotatable bonds is 4. The van der Waals surface area contributed by atoms with Crippen LogP contribution in [0, 0.1) is 0 Å². The van der Waals surface area contributed by atoms with Crippen molar-refractivity contribution in [3.8, 4) is 5.75 Å². The quantitative estimate of drug-likeness (QED) is 0.830. The highest BCUT2D eigenvalue weighted by molar-refractivity contribution is 5.88. The third-order valence-electron chi connectivity index (χ3n) is 4.34. The summed E-state index contributed by atoms with van der Waals surface area (Å²) in [6.45, 7) is 3.51. The Kier molecular flexibility index (Phi) is 5.32. The summed E-state index contributed by atoms with van der Waals surface area (Å²) < 4.78 is 10.7. The molecule has 3 rings (SSSR count). The number of nitrogens with one attached hydrogen (secondary N) is 1. The first kappa shape index (κ1) is 16.7. The lowest BCUT2D eigenvalue weighted by atomic mass is 10.1. The largest absolute Gasteiger partial charge is 0.497 e. The number of ether oxygens (including phenoxy) is 2. The van der Waals surface area contributed by atoms with E-state index in [-0.39, 0.29) is 18.4 Å². The number of methoxy groups -OCH3 is 1. The lowest BCUT2D eigenvalue weighted by Crippen LogP contribution is -2.56. The summed E-state index contributed by atoms with van der Waals surface area (Å²) in [7, 11) is 1.62. The van der Waals surface area contributed by atoms with Crippen molar-refractivity contribution in [2.24, 2.45) is 0 Å². The Morgan fingerprint density at radius 3 is 3.00 bits per heavy atom. The predicted octanol–water partition coefficient (Wildman–Crippen LogP) is -0.146. The number of benzene rings is 1. The second kappa shape index (κ2) is 7.63. The van der Waals surface area contributed by atoms with Crippen molar-refractivity contribution >= 4 is 11.8 Å². The first-order chi connectivity index (χ1) is 11.7. The van der Waals surface area contributed by atoms with Gasteiger partial charge in [-0.05, 0) is 17.7 Å². The van der Waals surface area contributed by atoms with Crippen LogP contribution in [0.3, 0.4) is 0 Å². The molecule has 0 radical (unpaired) electrons.